The molecule has 1 amide bonds. The summed E-state index contributed by atoms with van der Waals surface area (Å²) in [5.74, 6) is 2.83. The van der Waals surface area contributed by atoms with Gasteiger partial charge in [0, 0.05) is 62.2 Å². The molecule has 5 rings (SSSR count). The third kappa shape index (κ3) is 10.5. The van der Waals surface area contributed by atoms with Crippen LogP contribution in [0.1, 0.15) is 101 Å². The van der Waals surface area contributed by atoms with Crippen LogP contribution in [-0.4, -0.2) is 76.0 Å². The van der Waals surface area contributed by atoms with Crippen molar-refractivity contribution in [1.29, 1.82) is 0 Å². The number of aromatic hydroxyl groups is 1. The summed E-state index contributed by atoms with van der Waals surface area (Å²) in [6, 6.07) is 1.99. The summed E-state index contributed by atoms with van der Waals surface area (Å²) in [6.45, 7) is 2.96. The van der Waals surface area contributed by atoms with Crippen LogP contribution in [0.15, 0.2) is 17.1 Å². The van der Waals surface area contributed by atoms with Crippen molar-refractivity contribution >= 4 is 45.5 Å². The summed E-state index contributed by atoms with van der Waals surface area (Å²) in [6.07, 6.45) is 14.0. The molecule has 1 saturated heterocycles. The number of rotatable bonds is 1. The van der Waals surface area contributed by atoms with Crippen molar-refractivity contribution in [3.63, 3.8) is 0 Å². The summed E-state index contributed by atoms with van der Waals surface area (Å²) in [7, 11) is 3.49. The van der Waals surface area contributed by atoms with E-state index in [1.54, 1.807) is 21.6 Å². The summed E-state index contributed by atoms with van der Waals surface area (Å²) in [5, 5.41) is 25.7. The zero-order valence-corrected chi connectivity index (χ0v) is 29.3. The van der Waals surface area contributed by atoms with E-state index in [1.165, 1.54) is 6.92 Å². The number of hydrogen-bond acceptors (Lipinski definition) is 11. The van der Waals surface area contributed by atoms with Gasteiger partial charge in [0.05, 0.1) is 12.0 Å². The molecule has 0 spiro atoms. The van der Waals surface area contributed by atoms with Crippen molar-refractivity contribution in [3.05, 3.63) is 28.8 Å². The zero-order chi connectivity index (χ0) is 33.2. The highest BCUT2D eigenvalue weighted by atomic mass is 33.1. The van der Waals surface area contributed by atoms with Gasteiger partial charge in [0.2, 0.25) is 5.91 Å². The Morgan fingerprint density at radius 2 is 1.96 bits per heavy atom. The van der Waals surface area contributed by atoms with E-state index in [-0.39, 0.29) is 29.6 Å². The topological polar surface area (TPSA) is 147 Å². The number of ether oxygens (including phenoxy) is 2. The van der Waals surface area contributed by atoms with E-state index in [0.717, 1.165) is 68.2 Å². The van der Waals surface area contributed by atoms with E-state index in [2.05, 4.69) is 22.5 Å². The maximum Gasteiger partial charge on any atom is 0.302 e. The number of benzene rings is 1. The Kier molecular flexibility index (Phi) is 13.5. The molecule has 0 unspecified atom stereocenters. The number of nitrogens with zero attached hydrogens (tertiary/aromatic N) is 2. The first-order chi connectivity index (χ1) is 22.8. The number of aliphatic hydroxyl groups excluding tert-OH is 1. The number of nitrogens with two attached hydrogens (primary N) is 1. The molecule has 3 heterocycles. The van der Waals surface area contributed by atoms with Crippen LogP contribution in [0.2, 0.25) is 0 Å². The van der Waals surface area contributed by atoms with Crippen LogP contribution in [-0.2, 0) is 27.3 Å². The van der Waals surface area contributed by atoms with E-state index in [4.69, 9.17) is 15.2 Å². The standard InChI is InChI=1S/C35H52N4O6S2/c1-23(40)44-29-12-10-26-18-27(33(43)34-30(26)13-11-25-7-6-9-31(25)45-34)21-39-20-24(17-32(39)42)14-15-37-35(36)38-22-47-46-16-5-3-2-4-8-28(41)19-29/h11,13,18,24-25,28-29,31,41,43H,2-10,12,14-17,19-22H2,1H3,(H3,36,37,38)/t24-,25+,28-,29+,31+/m0/s1. The highest BCUT2D eigenvalue weighted by Crippen LogP contribution is 2.45. The molecule has 4 bridgehead atoms. The average Bonchev–Trinajstić information content (AvgIpc) is 3.57. The minimum absolute atomic E-state index is 0.0121. The summed E-state index contributed by atoms with van der Waals surface area (Å²) < 4.78 is 12.2. The molecule has 47 heavy (non-hydrogen) atoms. The Hall–Kier alpha value is -2.57. The smallest absolute Gasteiger partial charge is 0.302 e. The number of amides is 1. The first-order valence-corrected chi connectivity index (χ1v) is 19.9. The molecule has 4 aliphatic rings. The number of aliphatic imine (C=N–C) groups is 1. The van der Waals surface area contributed by atoms with Gasteiger partial charge in [-0.25, -0.2) is 4.99 Å². The average molecular weight is 689 g/mol. The predicted molar refractivity (Wildman–Crippen MR) is 189 cm³/mol. The van der Waals surface area contributed by atoms with Crippen LogP contribution in [0.5, 0.6) is 11.5 Å². The van der Waals surface area contributed by atoms with Gasteiger partial charge in [-0.05, 0) is 68.9 Å². The van der Waals surface area contributed by atoms with Crippen molar-refractivity contribution in [2.45, 2.75) is 115 Å². The molecule has 0 aromatic heterocycles. The molecule has 1 aromatic rings. The minimum Gasteiger partial charge on any atom is -0.504 e. The van der Waals surface area contributed by atoms with Crippen molar-refractivity contribution in [1.82, 2.24) is 10.2 Å². The number of phenolic OH excluding ortho intramolecular Hbond substituents is 1. The molecular formula is C35H52N4O6S2. The second-order valence-electron chi connectivity index (χ2n) is 13.4. The number of phenols is 1. The fourth-order valence-corrected chi connectivity index (χ4v) is 9.04. The predicted octanol–water partition coefficient (Wildman–Crippen LogP) is 5.53. The third-order valence-corrected chi connectivity index (χ3v) is 11.9. The van der Waals surface area contributed by atoms with Crippen LogP contribution in [0, 0.1) is 11.8 Å². The lowest BCUT2D eigenvalue weighted by Crippen LogP contribution is -2.33. The molecule has 260 valence electrons. The lowest BCUT2D eigenvalue weighted by atomic mass is 9.93. The maximum absolute atomic E-state index is 13.1. The van der Waals surface area contributed by atoms with Crippen molar-refractivity contribution in [2.24, 2.45) is 22.6 Å². The van der Waals surface area contributed by atoms with Gasteiger partial charge >= 0.3 is 5.97 Å². The van der Waals surface area contributed by atoms with Crippen LogP contribution >= 0.6 is 21.6 Å². The number of nitrogens with one attached hydrogen (secondary N) is 1. The van der Waals surface area contributed by atoms with E-state index >= 15 is 0 Å². The highest BCUT2D eigenvalue weighted by Gasteiger charge is 2.34. The van der Waals surface area contributed by atoms with E-state index < -0.39 is 12.2 Å². The van der Waals surface area contributed by atoms with Gasteiger partial charge in [-0.1, -0.05) is 53.0 Å². The second-order valence-corrected chi connectivity index (χ2v) is 16.0. The number of hydrogen-bond donors (Lipinski definition) is 4. The molecular weight excluding hydrogens is 637 g/mol. The largest absolute Gasteiger partial charge is 0.504 e. The fourth-order valence-electron chi connectivity index (χ4n) is 7.25. The van der Waals surface area contributed by atoms with Gasteiger partial charge in [-0.15, -0.1) is 0 Å². The molecule has 5 N–H and O–H groups in total. The molecule has 10 nitrogen and oxygen atoms in total. The van der Waals surface area contributed by atoms with E-state index in [0.29, 0.717) is 80.8 Å². The van der Waals surface area contributed by atoms with Gasteiger partial charge in [0.15, 0.2) is 17.5 Å². The molecule has 0 radical (unpaired) electrons. The highest BCUT2D eigenvalue weighted by molar-refractivity contribution is 8.76. The van der Waals surface area contributed by atoms with Crippen molar-refractivity contribution in [2.75, 3.05) is 24.7 Å². The van der Waals surface area contributed by atoms with E-state index in [1.807, 2.05) is 11.0 Å². The molecule has 3 aliphatic heterocycles. The van der Waals surface area contributed by atoms with Crippen molar-refractivity contribution < 1.29 is 29.3 Å². The van der Waals surface area contributed by atoms with E-state index in [9.17, 15) is 19.8 Å². The van der Waals surface area contributed by atoms with Crippen LogP contribution in [0.25, 0.3) is 6.08 Å². The second kappa shape index (κ2) is 17.7. The number of aryl methyl sites for hydroxylation is 1. The Morgan fingerprint density at radius 1 is 1.11 bits per heavy atom. The van der Waals surface area contributed by atoms with Crippen LogP contribution < -0.4 is 15.8 Å². The maximum atomic E-state index is 13.1. The summed E-state index contributed by atoms with van der Waals surface area (Å²) in [5.41, 5.74) is 8.57. The summed E-state index contributed by atoms with van der Waals surface area (Å²) in [4.78, 5) is 31.4. The van der Waals surface area contributed by atoms with Gasteiger partial charge in [-0.3, -0.25) is 9.59 Å². The molecule has 1 saturated carbocycles. The molecule has 1 aliphatic carbocycles. The van der Waals surface area contributed by atoms with Crippen LogP contribution in [0.4, 0.5) is 0 Å². The van der Waals surface area contributed by atoms with Gasteiger partial charge in [0.25, 0.3) is 0 Å². The van der Waals surface area contributed by atoms with Crippen molar-refractivity contribution in [3.8, 4) is 11.5 Å². The third-order valence-electron chi connectivity index (χ3n) is 9.74. The lowest BCUT2D eigenvalue weighted by molar-refractivity contribution is -0.148. The normalized spacial score (nSPS) is 28.6. The number of guanidine groups is 1. The van der Waals surface area contributed by atoms with Gasteiger partial charge in [0.1, 0.15) is 12.2 Å². The quantitative estimate of drug-likeness (QED) is 0.220. The number of carbonyl (C=O) groups excluding carboxylic acids is 2. The monoisotopic (exact) mass is 688 g/mol. The number of aliphatic hydroxyl groups is 1. The number of esters is 1. The van der Waals surface area contributed by atoms with Gasteiger partial charge in [-0.2, -0.15) is 0 Å². The minimum atomic E-state index is -0.552. The lowest BCUT2D eigenvalue weighted by Gasteiger charge is -2.24. The first-order valence-electron chi connectivity index (χ1n) is 17.4. The zero-order valence-electron chi connectivity index (χ0n) is 27.7. The SMILES string of the molecule is CC(=O)O[C@@H]1CCc2cc(c(O)c3c2C=C[C@H]2CCC[C@H]2O3)CN2C[C@@H](CCNC(N)=NCSSCCCCCC[C@H](O)C1)CC2=O. The molecule has 1 aromatic carbocycles. The Bertz CT molecular complexity index is 1290. The van der Waals surface area contributed by atoms with Gasteiger partial charge < -0.3 is 35.6 Å². The Morgan fingerprint density at radius 3 is 2.81 bits per heavy atom. The number of carbonyl (C=O) groups is 2. The fraction of sp³-hybridized carbons (Fsp3) is 0.686. The molecule has 2 fully saturated rings. The Labute approximate surface area is 287 Å². The summed E-state index contributed by atoms with van der Waals surface area (Å²) >= 11 is 0. The first kappa shape index (κ1) is 35.7. The Balaban J connectivity index is 1.37. The number of fused-ring (bicyclic) bond motifs is 7. The molecule has 12 heteroatoms. The molecule has 5 atom stereocenters. The van der Waals surface area contributed by atoms with Crippen LogP contribution in [0.3, 0.4) is 0 Å².